The van der Waals surface area contributed by atoms with Crippen molar-refractivity contribution in [3.8, 4) is 0 Å². The van der Waals surface area contributed by atoms with E-state index in [1.54, 1.807) is 6.08 Å². The molecule has 0 saturated heterocycles. The van der Waals surface area contributed by atoms with Crippen LogP contribution >= 0.6 is 23.2 Å². The van der Waals surface area contributed by atoms with E-state index in [1.165, 1.54) is 0 Å². The number of fused-ring (bicyclic) bond motifs is 1. The van der Waals surface area contributed by atoms with E-state index in [9.17, 15) is 0 Å². The van der Waals surface area contributed by atoms with Crippen LogP contribution in [0, 0.1) is 0 Å². The van der Waals surface area contributed by atoms with Crippen molar-refractivity contribution in [3.05, 3.63) is 48.2 Å². The summed E-state index contributed by atoms with van der Waals surface area (Å²) in [4.78, 5) is 3.96. The molecule has 0 radical (unpaired) electrons. The van der Waals surface area contributed by atoms with Crippen LogP contribution in [-0.4, -0.2) is 9.82 Å². The van der Waals surface area contributed by atoms with Crippen molar-refractivity contribution >= 4 is 40.2 Å². The van der Waals surface area contributed by atoms with E-state index in [2.05, 4.69) is 4.98 Å². The van der Waals surface area contributed by atoms with E-state index >= 15 is 0 Å². The highest BCUT2D eigenvalue weighted by Crippen LogP contribution is 2.13. The summed E-state index contributed by atoms with van der Waals surface area (Å²) in [5.74, 6) is 0. The Morgan fingerprint density at radius 3 is 2.67 bits per heavy atom. The molecule has 76 valence electrons. The number of alkyl halides is 2. The fraction of sp³-hybridized carbons (Fsp3) is 0.0833. The van der Waals surface area contributed by atoms with Gasteiger partial charge in [-0.1, -0.05) is 24.3 Å². The van der Waals surface area contributed by atoms with Gasteiger partial charge in [0, 0.05) is 5.39 Å². The van der Waals surface area contributed by atoms with Gasteiger partial charge in [-0.05, 0) is 24.3 Å². The van der Waals surface area contributed by atoms with Crippen LogP contribution in [0.1, 0.15) is 5.69 Å². The van der Waals surface area contributed by atoms with Crippen molar-refractivity contribution in [3.63, 3.8) is 0 Å². The number of pyridine rings is 1. The van der Waals surface area contributed by atoms with E-state index in [4.69, 9.17) is 23.2 Å². The zero-order valence-corrected chi connectivity index (χ0v) is 9.41. The lowest BCUT2D eigenvalue weighted by Crippen LogP contribution is -1.83. The predicted octanol–water partition coefficient (Wildman–Crippen LogP) is 4.05. The average Bonchev–Trinajstić information content (AvgIpc) is 2.26. The van der Waals surface area contributed by atoms with Crippen molar-refractivity contribution < 1.29 is 0 Å². The minimum Gasteiger partial charge on any atom is -0.248 e. The molecule has 2 aromatic rings. The number of hydrogen-bond acceptors (Lipinski definition) is 1. The molecule has 0 atom stereocenters. The average molecular weight is 238 g/mol. The summed E-state index contributed by atoms with van der Waals surface area (Å²) in [5, 5.41) is 1.13. The summed E-state index contributed by atoms with van der Waals surface area (Å²) in [6, 6.07) is 11.9. The van der Waals surface area contributed by atoms with Gasteiger partial charge in [-0.25, -0.2) is 4.98 Å². The highest BCUT2D eigenvalue weighted by Gasteiger charge is 1.95. The second-order valence-corrected chi connectivity index (χ2v) is 4.29. The summed E-state index contributed by atoms with van der Waals surface area (Å²) in [5.41, 5.74) is 1.83. The fourth-order valence-corrected chi connectivity index (χ4v) is 1.49. The second-order valence-electron chi connectivity index (χ2n) is 3.12. The smallest absolute Gasteiger partial charge is 0.126 e. The maximum atomic E-state index is 5.60. The molecule has 0 aliphatic heterocycles. The molecular weight excluding hydrogens is 229 g/mol. The Morgan fingerprint density at radius 2 is 1.87 bits per heavy atom. The molecule has 1 nitrogen and oxygen atoms in total. The number of allylic oxidation sites excluding steroid dienone is 1. The van der Waals surface area contributed by atoms with E-state index < -0.39 is 4.84 Å². The molecule has 15 heavy (non-hydrogen) atoms. The molecule has 0 N–H and O–H groups in total. The van der Waals surface area contributed by atoms with Gasteiger partial charge in [0.15, 0.2) is 0 Å². The van der Waals surface area contributed by atoms with Gasteiger partial charge in [0.05, 0.1) is 11.2 Å². The van der Waals surface area contributed by atoms with Crippen LogP contribution in [-0.2, 0) is 0 Å². The molecular formula is C12H9Cl2N. The highest BCUT2D eigenvalue weighted by molar-refractivity contribution is 6.45. The van der Waals surface area contributed by atoms with Gasteiger partial charge in [-0.15, -0.1) is 23.2 Å². The van der Waals surface area contributed by atoms with Crippen LogP contribution in [0.3, 0.4) is 0 Å². The van der Waals surface area contributed by atoms with Crippen molar-refractivity contribution in [1.82, 2.24) is 4.98 Å². The molecule has 0 aliphatic rings. The number of aromatic nitrogens is 1. The number of halogens is 2. The largest absolute Gasteiger partial charge is 0.248 e. The predicted molar refractivity (Wildman–Crippen MR) is 66.3 cm³/mol. The van der Waals surface area contributed by atoms with Crippen molar-refractivity contribution in [2.45, 2.75) is 4.84 Å². The van der Waals surface area contributed by atoms with Gasteiger partial charge in [0.1, 0.15) is 4.84 Å². The van der Waals surface area contributed by atoms with Crippen LogP contribution in [0.25, 0.3) is 17.0 Å². The third kappa shape index (κ3) is 2.71. The van der Waals surface area contributed by atoms with Gasteiger partial charge in [0.25, 0.3) is 0 Å². The summed E-state index contributed by atoms with van der Waals surface area (Å²) >= 11 is 11.2. The Labute approximate surface area is 98.3 Å². The first-order chi connectivity index (χ1) is 7.25. The van der Waals surface area contributed by atoms with Gasteiger partial charge in [-0.3, -0.25) is 0 Å². The number of hydrogen-bond donors (Lipinski definition) is 0. The summed E-state index contributed by atoms with van der Waals surface area (Å²) < 4.78 is 0. The Morgan fingerprint density at radius 1 is 1.07 bits per heavy atom. The van der Waals surface area contributed by atoms with Crippen molar-refractivity contribution in [1.29, 1.82) is 0 Å². The molecule has 1 aromatic heterocycles. The second kappa shape index (κ2) is 4.65. The maximum Gasteiger partial charge on any atom is 0.126 e. The van der Waals surface area contributed by atoms with Crippen LogP contribution < -0.4 is 0 Å². The monoisotopic (exact) mass is 237 g/mol. The van der Waals surface area contributed by atoms with E-state index in [-0.39, 0.29) is 0 Å². The van der Waals surface area contributed by atoms with Crippen molar-refractivity contribution in [2.24, 2.45) is 0 Å². The lowest BCUT2D eigenvalue weighted by Gasteiger charge is -1.98. The minimum atomic E-state index is -0.488. The normalized spacial score (nSPS) is 11.7. The lowest BCUT2D eigenvalue weighted by molar-refractivity contribution is 1.37. The van der Waals surface area contributed by atoms with Crippen LogP contribution in [0.15, 0.2) is 42.5 Å². The molecule has 3 heteroatoms. The van der Waals surface area contributed by atoms with E-state index in [0.29, 0.717) is 0 Å². The zero-order valence-electron chi connectivity index (χ0n) is 7.90. The van der Waals surface area contributed by atoms with Crippen LogP contribution in [0.5, 0.6) is 0 Å². The molecule has 0 saturated carbocycles. The number of nitrogens with zero attached hydrogens (tertiary/aromatic N) is 1. The Bertz CT molecular complexity index is 492. The number of rotatable bonds is 2. The topological polar surface area (TPSA) is 12.9 Å². The molecule has 1 aromatic carbocycles. The highest BCUT2D eigenvalue weighted by atomic mass is 35.5. The summed E-state index contributed by atoms with van der Waals surface area (Å²) in [6.45, 7) is 0. The molecule has 0 unspecified atom stereocenters. The molecule has 0 aliphatic carbocycles. The zero-order chi connectivity index (χ0) is 10.7. The summed E-state index contributed by atoms with van der Waals surface area (Å²) in [6.07, 6.45) is 3.51. The first kappa shape index (κ1) is 10.5. The molecule has 2 rings (SSSR count). The third-order valence-corrected chi connectivity index (χ3v) is 2.32. The molecule has 1 heterocycles. The Kier molecular flexibility index (Phi) is 3.24. The van der Waals surface area contributed by atoms with E-state index in [0.717, 1.165) is 16.6 Å². The first-order valence-corrected chi connectivity index (χ1v) is 5.45. The molecule has 0 bridgehead atoms. The van der Waals surface area contributed by atoms with Crippen molar-refractivity contribution in [2.75, 3.05) is 0 Å². The van der Waals surface area contributed by atoms with E-state index in [1.807, 2.05) is 42.5 Å². The maximum absolute atomic E-state index is 5.60. The Hall–Kier alpha value is -1.05. The quantitative estimate of drug-likeness (QED) is 0.719. The third-order valence-electron chi connectivity index (χ3n) is 2.03. The van der Waals surface area contributed by atoms with Gasteiger partial charge >= 0.3 is 0 Å². The van der Waals surface area contributed by atoms with Crippen LogP contribution in [0.2, 0.25) is 0 Å². The Balaban J connectivity index is 2.39. The number of benzene rings is 1. The minimum absolute atomic E-state index is 0.488. The molecule has 0 fully saturated rings. The standard InChI is InChI=1S/C12H9Cl2N/c13-12(14)8-7-10-6-5-9-3-1-2-4-11(9)15-10/h1-8,12H/b8-7+. The fourth-order valence-electron chi connectivity index (χ4n) is 1.35. The number of para-hydroxylation sites is 1. The lowest BCUT2D eigenvalue weighted by atomic mass is 10.2. The molecule has 0 amide bonds. The van der Waals surface area contributed by atoms with Gasteiger partial charge in [-0.2, -0.15) is 0 Å². The SMILES string of the molecule is ClC(Cl)/C=C/c1ccc2ccccc2n1. The van der Waals surface area contributed by atoms with Crippen LogP contribution in [0.4, 0.5) is 0 Å². The van der Waals surface area contributed by atoms with Gasteiger partial charge < -0.3 is 0 Å². The summed E-state index contributed by atoms with van der Waals surface area (Å²) in [7, 11) is 0. The van der Waals surface area contributed by atoms with Gasteiger partial charge in [0.2, 0.25) is 0 Å². The first-order valence-electron chi connectivity index (χ1n) is 4.58. The molecule has 0 spiro atoms.